The maximum atomic E-state index is 6.00. The highest BCUT2D eigenvalue weighted by Gasteiger charge is 2.19. The molecule has 0 spiro atoms. The molecule has 0 bridgehead atoms. The smallest absolute Gasteiger partial charge is 0.122 e. The molecule has 1 unspecified atom stereocenters. The first-order chi connectivity index (χ1) is 8.70. The second-order valence-corrected chi connectivity index (χ2v) is 6.18. The summed E-state index contributed by atoms with van der Waals surface area (Å²) >= 11 is 3.53. The summed E-state index contributed by atoms with van der Waals surface area (Å²) in [6, 6.07) is 6.29. The van der Waals surface area contributed by atoms with Crippen LogP contribution in [-0.2, 0) is 0 Å². The number of ether oxygens (including phenoxy) is 1. The molecule has 1 aromatic rings. The Morgan fingerprint density at radius 2 is 2.22 bits per heavy atom. The van der Waals surface area contributed by atoms with Gasteiger partial charge in [-0.15, -0.1) is 0 Å². The Bertz CT molecular complexity index is 390. The van der Waals surface area contributed by atoms with Crippen LogP contribution in [0.2, 0.25) is 0 Å². The molecular formula is C15H22BrNO. The van der Waals surface area contributed by atoms with Gasteiger partial charge in [-0.25, -0.2) is 0 Å². The average Bonchev–Trinajstić information content (AvgIpc) is 2.29. The molecule has 18 heavy (non-hydrogen) atoms. The lowest BCUT2D eigenvalue weighted by Crippen LogP contribution is -2.20. The minimum absolute atomic E-state index is 0.448. The molecule has 2 rings (SSSR count). The molecule has 1 saturated carbocycles. The predicted octanol–water partition coefficient (Wildman–Crippen LogP) is 4.08. The van der Waals surface area contributed by atoms with Crippen molar-refractivity contribution in [2.24, 2.45) is 11.7 Å². The SMILES string of the molecule is CC(CCN)c1cc(Br)ccc1OCC1CCC1. The van der Waals surface area contributed by atoms with Crippen LogP contribution in [0.4, 0.5) is 0 Å². The van der Waals surface area contributed by atoms with E-state index in [1.165, 1.54) is 24.8 Å². The molecule has 0 aliphatic heterocycles. The number of hydrogen-bond donors (Lipinski definition) is 1. The Kier molecular flexibility index (Phi) is 5.07. The quantitative estimate of drug-likeness (QED) is 0.859. The lowest BCUT2D eigenvalue weighted by molar-refractivity contribution is 0.179. The van der Waals surface area contributed by atoms with Crippen LogP contribution in [-0.4, -0.2) is 13.2 Å². The molecule has 0 heterocycles. The van der Waals surface area contributed by atoms with Crippen molar-refractivity contribution in [1.82, 2.24) is 0 Å². The third-order valence-corrected chi connectivity index (χ3v) is 4.29. The largest absolute Gasteiger partial charge is 0.493 e. The second-order valence-electron chi connectivity index (χ2n) is 5.27. The van der Waals surface area contributed by atoms with Gasteiger partial charge in [0.15, 0.2) is 0 Å². The summed E-state index contributed by atoms with van der Waals surface area (Å²) in [7, 11) is 0. The van der Waals surface area contributed by atoms with Gasteiger partial charge in [0.1, 0.15) is 5.75 Å². The average molecular weight is 312 g/mol. The van der Waals surface area contributed by atoms with E-state index in [1.54, 1.807) is 0 Å². The minimum Gasteiger partial charge on any atom is -0.493 e. The molecule has 1 fully saturated rings. The van der Waals surface area contributed by atoms with Crippen LogP contribution in [0.15, 0.2) is 22.7 Å². The summed E-state index contributed by atoms with van der Waals surface area (Å²) in [4.78, 5) is 0. The number of hydrogen-bond acceptors (Lipinski definition) is 2. The Balaban J connectivity index is 2.06. The van der Waals surface area contributed by atoms with E-state index in [9.17, 15) is 0 Å². The molecule has 1 atom stereocenters. The van der Waals surface area contributed by atoms with Crippen molar-refractivity contribution in [2.45, 2.75) is 38.5 Å². The fraction of sp³-hybridized carbons (Fsp3) is 0.600. The van der Waals surface area contributed by atoms with Gasteiger partial charge in [0, 0.05) is 4.47 Å². The van der Waals surface area contributed by atoms with Crippen molar-refractivity contribution in [3.63, 3.8) is 0 Å². The van der Waals surface area contributed by atoms with E-state index < -0.39 is 0 Å². The number of benzene rings is 1. The third kappa shape index (κ3) is 3.48. The molecule has 2 nitrogen and oxygen atoms in total. The van der Waals surface area contributed by atoms with Crippen LogP contribution >= 0.6 is 15.9 Å². The Morgan fingerprint density at radius 3 is 2.83 bits per heavy atom. The van der Waals surface area contributed by atoms with Crippen molar-refractivity contribution in [2.75, 3.05) is 13.2 Å². The maximum absolute atomic E-state index is 6.00. The summed E-state index contributed by atoms with van der Waals surface area (Å²) in [5.41, 5.74) is 6.93. The molecule has 1 aliphatic rings. The summed E-state index contributed by atoms with van der Waals surface area (Å²) in [6.45, 7) is 3.80. The molecule has 2 N–H and O–H groups in total. The third-order valence-electron chi connectivity index (χ3n) is 3.80. The lowest BCUT2D eigenvalue weighted by Gasteiger charge is -2.26. The van der Waals surface area contributed by atoms with E-state index in [0.717, 1.165) is 35.7 Å². The van der Waals surface area contributed by atoms with E-state index in [-0.39, 0.29) is 0 Å². The summed E-state index contributed by atoms with van der Waals surface area (Å²) in [5.74, 6) is 2.25. The van der Waals surface area contributed by atoms with Crippen LogP contribution in [0.3, 0.4) is 0 Å². The number of halogens is 1. The molecule has 100 valence electrons. The fourth-order valence-corrected chi connectivity index (χ4v) is 2.69. The Labute approximate surface area is 118 Å². The number of rotatable bonds is 6. The molecule has 0 saturated heterocycles. The second kappa shape index (κ2) is 6.58. The number of nitrogens with two attached hydrogens (primary N) is 1. The van der Waals surface area contributed by atoms with Crippen LogP contribution in [0.1, 0.15) is 44.1 Å². The summed E-state index contributed by atoms with van der Waals surface area (Å²) < 4.78 is 7.11. The van der Waals surface area contributed by atoms with Gasteiger partial charge in [0.25, 0.3) is 0 Å². The Hall–Kier alpha value is -0.540. The van der Waals surface area contributed by atoms with E-state index in [2.05, 4.69) is 41.1 Å². The minimum atomic E-state index is 0.448. The lowest BCUT2D eigenvalue weighted by atomic mass is 9.86. The van der Waals surface area contributed by atoms with Crippen LogP contribution in [0.5, 0.6) is 5.75 Å². The van der Waals surface area contributed by atoms with Crippen LogP contribution in [0.25, 0.3) is 0 Å². The first kappa shape index (κ1) is 13.9. The van der Waals surface area contributed by atoms with Crippen LogP contribution in [0, 0.1) is 5.92 Å². The van der Waals surface area contributed by atoms with E-state index in [1.807, 2.05) is 0 Å². The van der Waals surface area contributed by atoms with Gasteiger partial charge in [-0.1, -0.05) is 29.3 Å². The molecular weight excluding hydrogens is 290 g/mol. The van der Waals surface area contributed by atoms with Gasteiger partial charge in [-0.05, 0) is 61.4 Å². The zero-order valence-electron chi connectivity index (χ0n) is 11.0. The molecule has 1 aliphatic carbocycles. The molecule has 1 aromatic carbocycles. The standard InChI is InChI=1S/C15H22BrNO/c1-11(7-8-17)14-9-13(16)5-6-15(14)18-10-12-3-2-4-12/h5-6,9,11-12H,2-4,7-8,10,17H2,1H3. The highest BCUT2D eigenvalue weighted by Crippen LogP contribution is 2.33. The van der Waals surface area contributed by atoms with Gasteiger partial charge < -0.3 is 10.5 Å². The van der Waals surface area contributed by atoms with E-state index in [4.69, 9.17) is 10.5 Å². The van der Waals surface area contributed by atoms with Gasteiger partial charge in [0.05, 0.1) is 6.61 Å². The van der Waals surface area contributed by atoms with Gasteiger partial charge >= 0.3 is 0 Å². The molecule has 0 amide bonds. The van der Waals surface area contributed by atoms with Crippen molar-refractivity contribution >= 4 is 15.9 Å². The van der Waals surface area contributed by atoms with Gasteiger partial charge in [0.2, 0.25) is 0 Å². The van der Waals surface area contributed by atoms with Crippen molar-refractivity contribution in [3.05, 3.63) is 28.2 Å². The normalized spacial score (nSPS) is 17.3. The first-order valence-electron chi connectivity index (χ1n) is 6.83. The van der Waals surface area contributed by atoms with Crippen LogP contribution < -0.4 is 10.5 Å². The highest BCUT2D eigenvalue weighted by molar-refractivity contribution is 9.10. The molecule has 0 aromatic heterocycles. The molecule has 3 heteroatoms. The molecule has 0 radical (unpaired) electrons. The van der Waals surface area contributed by atoms with Gasteiger partial charge in [-0.3, -0.25) is 0 Å². The van der Waals surface area contributed by atoms with Gasteiger partial charge in [-0.2, -0.15) is 0 Å². The Morgan fingerprint density at radius 1 is 1.44 bits per heavy atom. The monoisotopic (exact) mass is 311 g/mol. The maximum Gasteiger partial charge on any atom is 0.122 e. The van der Waals surface area contributed by atoms with Crippen molar-refractivity contribution < 1.29 is 4.74 Å². The highest BCUT2D eigenvalue weighted by atomic mass is 79.9. The summed E-state index contributed by atoms with van der Waals surface area (Å²) in [5, 5.41) is 0. The van der Waals surface area contributed by atoms with Crippen molar-refractivity contribution in [1.29, 1.82) is 0 Å². The fourth-order valence-electron chi connectivity index (χ4n) is 2.31. The summed E-state index contributed by atoms with van der Waals surface area (Å²) in [6.07, 6.45) is 5.01. The zero-order chi connectivity index (χ0) is 13.0. The zero-order valence-corrected chi connectivity index (χ0v) is 12.6. The van der Waals surface area contributed by atoms with E-state index in [0.29, 0.717) is 5.92 Å². The topological polar surface area (TPSA) is 35.2 Å². The van der Waals surface area contributed by atoms with E-state index >= 15 is 0 Å². The van der Waals surface area contributed by atoms with Crippen molar-refractivity contribution in [3.8, 4) is 5.75 Å². The predicted molar refractivity (Wildman–Crippen MR) is 79.1 cm³/mol. The first-order valence-corrected chi connectivity index (χ1v) is 7.62.